The van der Waals surface area contributed by atoms with Gasteiger partial charge in [0.15, 0.2) is 0 Å². The zero-order valence-electron chi connectivity index (χ0n) is 14.4. The molecule has 3 rings (SSSR count). The van der Waals surface area contributed by atoms with Gasteiger partial charge in [0, 0.05) is 28.6 Å². The summed E-state index contributed by atoms with van der Waals surface area (Å²) < 4.78 is 0. The molecule has 1 fully saturated rings. The highest BCUT2D eigenvalue weighted by atomic mass is 35.5. The fourth-order valence-electron chi connectivity index (χ4n) is 3.11. The van der Waals surface area contributed by atoms with E-state index in [4.69, 9.17) is 0 Å². The molecule has 0 saturated carbocycles. The molecule has 2 heterocycles. The van der Waals surface area contributed by atoms with Crippen molar-refractivity contribution in [2.45, 2.75) is 23.5 Å². The average molecular weight is 397 g/mol. The third kappa shape index (κ3) is 5.48. The minimum absolute atomic E-state index is 0. The van der Waals surface area contributed by atoms with Crippen molar-refractivity contribution in [3.05, 3.63) is 52.2 Å². The summed E-state index contributed by atoms with van der Waals surface area (Å²) >= 11 is 3.53. The number of hydrogen-bond acceptors (Lipinski definition) is 4. The number of hydrogen-bond donors (Lipinski definition) is 1. The molecule has 0 radical (unpaired) electrons. The Labute approximate surface area is 164 Å². The molecule has 1 aliphatic rings. The molecule has 0 bridgehead atoms. The van der Waals surface area contributed by atoms with Crippen molar-refractivity contribution in [1.29, 1.82) is 0 Å². The molecule has 0 spiro atoms. The molecule has 25 heavy (non-hydrogen) atoms. The predicted molar refractivity (Wildman–Crippen MR) is 110 cm³/mol. The van der Waals surface area contributed by atoms with Gasteiger partial charge in [-0.2, -0.15) is 0 Å². The van der Waals surface area contributed by atoms with Crippen molar-refractivity contribution in [3.8, 4) is 0 Å². The third-order valence-electron chi connectivity index (χ3n) is 4.46. The number of thioether (sulfide) groups is 1. The summed E-state index contributed by atoms with van der Waals surface area (Å²) in [6.07, 6.45) is 2.19. The molecule has 3 nitrogen and oxygen atoms in total. The first kappa shape index (κ1) is 20.3. The highest BCUT2D eigenvalue weighted by Crippen LogP contribution is 2.29. The van der Waals surface area contributed by atoms with Crippen molar-refractivity contribution in [2.24, 2.45) is 5.92 Å². The summed E-state index contributed by atoms with van der Waals surface area (Å²) in [5.74, 6) is 1.81. The van der Waals surface area contributed by atoms with Crippen LogP contribution >= 0.6 is 35.5 Å². The number of amides is 1. The van der Waals surface area contributed by atoms with E-state index in [1.54, 1.807) is 23.1 Å². The van der Waals surface area contributed by atoms with Crippen molar-refractivity contribution >= 4 is 41.4 Å². The molecule has 1 aromatic heterocycles. The van der Waals surface area contributed by atoms with Gasteiger partial charge < -0.3 is 10.2 Å². The predicted octanol–water partition coefficient (Wildman–Crippen LogP) is 4.53. The second-order valence-corrected chi connectivity index (χ2v) is 8.21. The summed E-state index contributed by atoms with van der Waals surface area (Å²) in [5, 5.41) is 5.35. The first-order valence-electron chi connectivity index (χ1n) is 8.46. The Hall–Kier alpha value is -1.01. The van der Waals surface area contributed by atoms with Gasteiger partial charge in [-0.25, -0.2) is 0 Å². The highest BCUT2D eigenvalue weighted by Gasteiger charge is 2.24. The van der Waals surface area contributed by atoms with Gasteiger partial charge in [-0.05, 0) is 55.9 Å². The molecule has 1 aliphatic heterocycles. The fraction of sp³-hybridized carbons (Fsp3) is 0.421. The Kier molecular flexibility index (Phi) is 8.30. The van der Waals surface area contributed by atoms with Crippen LogP contribution in [0, 0.1) is 5.92 Å². The van der Waals surface area contributed by atoms with Crippen molar-refractivity contribution in [3.63, 3.8) is 0 Å². The topological polar surface area (TPSA) is 32.3 Å². The van der Waals surface area contributed by atoms with Crippen LogP contribution in [0.15, 0.2) is 46.7 Å². The maximum absolute atomic E-state index is 12.9. The van der Waals surface area contributed by atoms with Crippen LogP contribution in [0.25, 0.3) is 0 Å². The van der Waals surface area contributed by atoms with Gasteiger partial charge in [0.05, 0.1) is 5.56 Å². The number of rotatable bonds is 6. The van der Waals surface area contributed by atoms with Gasteiger partial charge in [0.25, 0.3) is 5.91 Å². The molecule has 0 atom stereocenters. The zero-order valence-corrected chi connectivity index (χ0v) is 16.9. The summed E-state index contributed by atoms with van der Waals surface area (Å²) in [5.41, 5.74) is 0.853. The Morgan fingerprint density at radius 2 is 2.00 bits per heavy atom. The van der Waals surface area contributed by atoms with E-state index in [1.807, 2.05) is 30.1 Å². The first-order chi connectivity index (χ1) is 11.8. The summed E-state index contributed by atoms with van der Waals surface area (Å²) in [7, 11) is 2.00. The lowest BCUT2D eigenvalue weighted by Gasteiger charge is -2.32. The maximum Gasteiger partial charge on any atom is 0.254 e. The second kappa shape index (κ2) is 10.2. The minimum Gasteiger partial charge on any atom is -0.339 e. The van der Waals surface area contributed by atoms with E-state index in [2.05, 4.69) is 28.9 Å². The summed E-state index contributed by atoms with van der Waals surface area (Å²) in [6.45, 7) is 2.79. The van der Waals surface area contributed by atoms with Crippen LogP contribution in [0.2, 0.25) is 0 Å². The highest BCUT2D eigenvalue weighted by molar-refractivity contribution is 7.98. The Balaban J connectivity index is 0.00000225. The summed E-state index contributed by atoms with van der Waals surface area (Å²) in [4.78, 5) is 17.4. The molecule has 1 N–H and O–H groups in total. The van der Waals surface area contributed by atoms with Gasteiger partial charge >= 0.3 is 0 Å². The number of halogens is 1. The lowest BCUT2D eigenvalue weighted by Crippen LogP contribution is -2.40. The number of thiophene rings is 1. The van der Waals surface area contributed by atoms with Crippen LogP contribution in [0.5, 0.6) is 0 Å². The Morgan fingerprint density at radius 1 is 1.24 bits per heavy atom. The Bertz CT molecular complexity index is 655. The zero-order chi connectivity index (χ0) is 16.8. The largest absolute Gasteiger partial charge is 0.339 e. The Morgan fingerprint density at radius 3 is 2.68 bits per heavy atom. The molecule has 0 aliphatic carbocycles. The van der Waals surface area contributed by atoms with Crippen LogP contribution < -0.4 is 5.32 Å². The number of nitrogens with one attached hydrogen (secondary N) is 1. The van der Waals surface area contributed by atoms with Crippen molar-refractivity contribution in [2.75, 3.05) is 26.7 Å². The molecule has 6 heteroatoms. The van der Waals surface area contributed by atoms with Crippen molar-refractivity contribution < 1.29 is 4.79 Å². The van der Waals surface area contributed by atoms with Gasteiger partial charge in [-0.1, -0.05) is 18.2 Å². The van der Waals surface area contributed by atoms with E-state index in [0.29, 0.717) is 5.92 Å². The third-order valence-corrected chi connectivity index (χ3v) is 6.64. The number of piperidine rings is 1. The molecular weight excluding hydrogens is 372 g/mol. The maximum atomic E-state index is 12.9. The van der Waals surface area contributed by atoms with E-state index in [-0.39, 0.29) is 18.3 Å². The van der Waals surface area contributed by atoms with Crippen LogP contribution in [-0.2, 0) is 5.75 Å². The standard InChI is InChI=1S/C19H24N2OS2.ClH/c1-20-13-15-8-10-21(11-9-15)19(22)17-6-2-3-7-18(17)24-14-16-5-4-12-23-16;/h2-7,12,15,20H,8-11,13-14H2,1H3;1H. The fourth-order valence-corrected chi connectivity index (χ4v) is 4.93. The van der Waals surface area contributed by atoms with E-state index in [1.165, 1.54) is 4.88 Å². The van der Waals surface area contributed by atoms with Crippen LogP contribution in [0.4, 0.5) is 0 Å². The van der Waals surface area contributed by atoms with E-state index in [9.17, 15) is 4.79 Å². The lowest BCUT2D eigenvalue weighted by molar-refractivity contribution is 0.0687. The number of nitrogens with zero attached hydrogens (tertiary/aromatic N) is 1. The molecule has 1 aromatic carbocycles. The minimum atomic E-state index is 0. The monoisotopic (exact) mass is 396 g/mol. The van der Waals surface area contributed by atoms with E-state index in [0.717, 1.165) is 48.7 Å². The second-order valence-electron chi connectivity index (χ2n) is 6.16. The molecule has 1 amide bonds. The van der Waals surface area contributed by atoms with Crippen molar-refractivity contribution in [1.82, 2.24) is 10.2 Å². The van der Waals surface area contributed by atoms with Gasteiger partial charge in [0.2, 0.25) is 0 Å². The molecule has 0 unspecified atom stereocenters. The van der Waals surface area contributed by atoms with Gasteiger partial charge in [-0.3, -0.25) is 4.79 Å². The SMILES string of the molecule is CNCC1CCN(C(=O)c2ccccc2SCc2cccs2)CC1.Cl. The number of benzene rings is 1. The van der Waals surface area contributed by atoms with E-state index >= 15 is 0 Å². The molecule has 136 valence electrons. The quantitative estimate of drug-likeness (QED) is 0.728. The van der Waals surface area contributed by atoms with Gasteiger partial charge in [0.1, 0.15) is 0 Å². The van der Waals surface area contributed by atoms with Gasteiger partial charge in [-0.15, -0.1) is 35.5 Å². The number of carbonyl (C=O) groups excluding carboxylic acids is 1. The molecule has 2 aromatic rings. The van der Waals surface area contributed by atoms with Crippen LogP contribution in [0.1, 0.15) is 28.1 Å². The van der Waals surface area contributed by atoms with E-state index < -0.39 is 0 Å². The lowest BCUT2D eigenvalue weighted by atomic mass is 9.96. The number of carbonyl (C=O) groups is 1. The first-order valence-corrected chi connectivity index (χ1v) is 10.3. The average Bonchev–Trinajstić information content (AvgIpc) is 3.14. The van der Waals surface area contributed by atoms with Crippen LogP contribution in [0.3, 0.4) is 0 Å². The molecule has 1 saturated heterocycles. The van der Waals surface area contributed by atoms with Crippen LogP contribution in [-0.4, -0.2) is 37.5 Å². The molecular formula is C19H25ClN2OS2. The number of likely N-dealkylation sites (tertiary alicyclic amines) is 1. The normalized spacial score (nSPS) is 15.0. The smallest absolute Gasteiger partial charge is 0.254 e. The summed E-state index contributed by atoms with van der Waals surface area (Å²) in [6, 6.07) is 12.3.